The molecule has 0 saturated heterocycles. The minimum absolute atomic E-state index is 0. The lowest BCUT2D eigenvalue weighted by molar-refractivity contribution is -0.137. The van der Waals surface area contributed by atoms with Gasteiger partial charge in [0.05, 0.1) is 5.56 Å². The summed E-state index contributed by atoms with van der Waals surface area (Å²) in [4.78, 5) is 0. The number of benzene rings is 2. The zero-order valence-corrected chi connectivity index (χ0v) is 11.6. The van der Waals surface area contributed by atoms with E-state index in [0.717, 1.165) is 23.3 Å². The SMILES string of the molecule is CC(N)c1cccc(-c2cccc(C(F)(F)F)c2)c1.Cl. The van der Waals surface area contributed by atoms with Crippen LogP contribution in [-0.2, 0) is 6.18 Å². The van der Waals surface area contributed by atoms with Crippen molar-refractivity contribution in [2.24, 2.45) is 5.73 Å². The van der Waals surface area contributed by atoms with Crippen LogP contribution in [0.3, 0.4) is 0 Å². The summed E-state index contributed by atoms with van der Waals surface area (Å²) in [7, 11) is 0. The average Bonchev–Trinajstić information content (AvgIpc) is 2.38. The quantitative estimate of drug-likeness (QED) is 0.846. The maximum Gasteiger partial charge on any atom is 0.416 e. The van der Waals surface area contributed by atoms with E-state index in [9.17, 15) is 13.2 Å². The van der Waals surface area contributed by atoms with Crippen molar-refractivity contribution < 1.29 is 13.2 Å². The van der Waals surface area contributed by atoms with Crippen molar-refractivity contribution >= 4 is 12.4 Å². The molecule has 0 aromatic heterocycles. The molecule has 1 nitrogen and oxygen atoms in total. The van der Waals surface area contributed by atoms with Gasteiger partial charge in [-0.05, 0) is 41.8 Å². The fourth-order valence-electron chi connectivity index (χ4n) is 1.88. The molecule has 0 radical (unpaired) electrons. The number of hydrogen-bond acceptors (Lipinski definition) is 1. The molecule has 0 aliphatic heterocycles. The van der Waals surface area contributed by atoms with E-state index in [2.05, 4.69) is 0 Å². The molecule has 0 aliphatic carbocycles. The Bertz CT molecular complexity index is 579. The van der Waals surface area contributed by atoms with Gasteiger partial charge in [-0.1, -0.05) is 30.3 Å². The van der Waals surface area contributed by atoms with Gasteiger partial charge in [-0.2, -0.15) is 13.2 Å². The van der Waals surface area contributed by atoms with Gasteiger partial charge in [0.2, 0.25) is 0 Å². The number of hydrogen-bond donors (Lipinski definition) is 1. The van der Waals surface area contributed by atoms with Crippen LogP contribution < -0.4 is 5.73 Å². The summed E-state index contributed by atoms with van der Waals surface area (Å²) in [5.41, 5.74) is 7.31. The topological polar surface area (TPSA) is 26.0 Å². The molecule has 5 heteroatoms. The van der Waals surface area contributed by atoms with Crippen molar-refractivity contribution in [3.63, 3.8) is 0 Å². The molecule has 0 saturated carbocycles. The maximum atomic E-state index is 12.7. The largest absolute Gasteiger partial charge is 0.416 e. The van der Waals surface area contributed by atoms with Crippen molar-refractivity contribution in [3.8, 4) is 11.1 Å². The Morgan fingerprint density at radius 2 is 1.50 bits per heavy atom. The van der Waals surface area contributed by atoms with Crippen LogP contribution in [0.5, 0.6) is 0 Å². The molecule has 20 heavy (non-hydrogen) atoms. The molecule has 0 aliphatic rings. The Labute approximate surface area is 122 Å². The number of rotatable bonds is 2. The lowest BCUT2D eigenvalue weighted by Crippen LogP contribution is -2.05. The second kappa shape index (κ2) is 6.29. The molecular weight excluding hydrogens is 287 g/mol. The van der Waals surface area contributed by atoms with Crippen LogP contribution in [0.1, 0.15) is 24.1 Å². The minimum Gasteiger partial charge on any atom is -0.324 e. The normalized spacial score (nSPS) is 12.7. The standard InChI is InChI=1S/C15H14F3N.ClH/c1-10(19)11-4-2-5-12(8-11)13-6-3-7-14(9-13)15(16,17)18;/h2-10H,19H2,1H3;1H. The third-order valence-corrected chi connectivity index (χ3v) is 2.94. The summed E-state index contributed by atoms with van der Waals surface area (Å²) >= 11 is 0. The summed E-state index contributed by atoms with van der Waals surface area (Å²) < 4.78 is 38.0. The first kappa shape index (κ1) is 16.5. The van der Waals surface area contributed by atoms with Crippen molar-refractivity contribution in [1.82, 2.24) is 0 Å². The molecule has 108 valence electrons. The zero-order valence-electron chi connectivity index (χ0n) is 10.8. The van der Waals surface area contributed by atoms with Gasteiger partial charge >= 0.3 is 6.18 Å². The molecule has 1 unspecified atom stereocenters. The first-order valence-corrected chi connectivity index (χ1v) is 5.91. The molecule has 0 heterocycles. The van der Waals surface area contributed by atoms with Crippen LogP contribution in [0.15, 0.2) is 48.5 Å². The summed E-state index contributed by atoms with van der Waals surface area (Å²) in [5, 5.41) is 0. The van der Waals surface area contributed by atoms with Gasteiger partial charge in [0.15, 0.2) is 0 Å². The van der Waals surface area contributed by atoms with Gasteiger partial charge in [0.1, 0.15) is 0 Å². The summed E-state index contributed by atoms with van der Waals surface area (Å²) in [5.74, 6) is 0. The molecule has 2 rings (SSSR count). The minimum atomic E-state index is -4.32. The first-order chi connectivity index (χ1) is 8.88. The lowest BCUT2D eigenvalue weighted by atomic mass is 9.99. The second-order valence-corrected chi connectivity index (χ2v) is 4.49. The Kier molecular flexibility index (Phi) is 5.20. The van der Waals surface area contributed by atoms with Gasteiger partial charge in [0.25, 0.3) is 0 Å². The smallest absolute Gasteiger partial charge is 0.324 e. The predicted molar refractivity (Wildman–Crippen MR) is 76.7 cm³/mol. The highest BCUT2D eigenvalue weighted by atomic mass is 35.5. The van der Waals surface area contributed by atoms with Gasteiger partial charge in [-0.25, -0.2) is 0 Å². The van der Waals surface area contributed by atoms with Crippen LogP contribution in [0, 0.1) is 0 Å². The Morgan fingerprint density at radius 1 is 0.950 bits per heavy atom. The van der Waals surface area contributed by atoms with E-state index in [1.807, 2.05) is 19.1 Å². The Morgan fingerprint density at radius 3 is 2.05 bits per heavy atom. The van der Waals surface area contributed by atoms with E-state index < -0.39 is 11.7 Å². The van der Waals surface area contributed by atoms with Crippen LogP contribution >= 0.6 is 12.4 Å². The zero-order chi connectivity index (χ0) is 14.0. The van der Waals surface area contributed by atoms with E-state index in [1.165, 1.54) is 6.07 Å². The van der Waals surface area contributed by atoms with Gasteiger partial charge in [-0.3, -0.25) is 0 Å². The molecule has 0 fully saturated rings. The summed E-state index contributed by atoms with van der Waals surface area (Å²) in [6.07, 6.45) is -4.32. The molecule has 1 atom stereocenters. The predicted octanol–water partition coefficient (Wildman–Crippen LogP) is 4.81. The molecule has 2 aromatic rings. The molecule has 0 amide bonds. The van der Waals surface area contributed by atoms with E-state index in [1.54, 1.807) is 18.2 Å². The number of nitrogens with two attached hydrogens (primary N) is 1. The molecular formula is C15H15ClF3N. The van der Waals surface area contributed by atoms with Crippen LogP contribution in [0.4, 0.5) is 13.2 Å². The van der Waals surface area contributed by atoms with Crippen molar-refractivity contribution in [2.75, 3.05) is 0 Å². The number of alkyl halides is 3. The van der Waals surface area contributed by atoms with Crippen LogP contribution in [0.2, 0.25) is 0 Å². The third-order valence-electron chi connectivity index (χ3n) is 2.94. The third kappa shape index (κ3) is 3.74. The van der Waals surface area contributed by atoms with Gasteiger partial charge < -0.3 is 5.73 Å². The Hall–Kier alpha value is -1.52. The first-order valence-electron chi connectivity index (χ1n) is 5.91. The second-order valence-electron chi connectivity index (χ2n) is 4.49. The Balaban J connectivity index is 0.00000200. The van der Waals surface area contributed by atoms with Crippen molar-refractivity contribution in [2.45, 2.75) is 19.1 Å². The van der Waals surface area contributed by atoms with E-state index in [0.29, 0.717) is 5.56 Å². The van der Waals surface area contributed by atoms with E-state index >= 15 is 0 Å². The van der Waals surface area contributed by atoms with E-state index in [-0.39, 0.29) is 18.4 Å². The molecule has 2 N–H and O–H groups in total. The van der Waals surface area contributed by atoms with Crippen molar-refractivity contribution in [1.29, 1.82) is 0 Å². The monoisotopic (exact) mass is 301 g/mol. The fraction of sp³-hybridized carbons (Fsp3) is 0.200. The molecule has 2 aromatic carbocycles. The highest BCUT2D eigenvalue weighted by Gasteiger charge is 2.30. The maximum absolute atomic E-state index is 12.7. The highest BCUT2D eigenvalue weighted by molar-refractivity contribution is 5.85. The van der Waals surface area contributed by atoms with Gasteiger partial charge in [-0.15, -0.1) is 12.4 Å². The van der Waals surface area contributed by atoms with Crippen molar-refractivity contribution in [3.05, 3.63) is 59.7 Å². The summed E-state index contributed by atoms with van der Waals surface area (Å²) in [6, 6.07) is 12.4. The average molecular weight is 302 g/mol. The molecule has 0 spiro atoms. The highest BCUT2D eigenvalue weighted by Crippen LogP contribution is 2.32. The summed E-state index contributed by atoms with van der Waals surface area (Å²) in [6.45, 7) is 1.84. The van der Waals surface area contributed by atoms with Crippen LogP contribution in [-0.4, -0.2) is 0 Å². The lowest BCUT2D eigenvalue weighted by Gasteiger charge is -2.11. The molecule has 0 bridgehead atoms. The fourth-order valence-corrected chi connectivity index (χ4v) is 1.88. The van der Waals surface area contributed by atoms with E-state index in [4.69, 9.17) is 5.73 Å². The number of halogens is 4. The van der Waals surface area contributed by atoms with Gasteiger partial charge in [0, 0.05) is 6.04 Å². The van der Waals surface area contributed by atoms with Crippen LogP contribution in [0.25, 0.3) is 11.1 Å².